The SMILES string of the molecule is COC(CN)CC(=O)N1CCN(CC(=O)NC(C)C)CC1. The molecule has 1 aliphatic heterocycles. The zero-order valence-corrected chi connectivity index (χ0v) is 13.3. The van der Waals surface area contributed by atoms with Crippen LogP contribution < -0.4 is 11.1 Å². The number of amides is 2. The Hall–Kier alpha value is -1.18. The van der Waals surface area contributed by atoms with Gasteiger partial charge in [-0.25, -0.2) is 0 Å². The fourth-order valence-electron chi connectivity index (χ4n) is 2.31. The molecule has 0 radical (unpaired) electrons. The first-order chi connectivity index (χ1) is 9.96. The number of nitrogens with two attached hydrogens (primary N) is 1. The molecule has 21 heavy (non-hydrogen) atoms. The number of nitrogens with zero attached hydrogens (tertiary/aromatic N) is 2. The normalized spacial score (nSPS) is 17.9. The molecule has 0 aliphatic carbocycles. The smallest absolute Gasteiger partial charge is 0.234 e. The molecular formula is C14H28N4O3. The summed E-state index contributed by atoms with van der Waals surface area (Å²) >= 11 is 0. The van der Waals surface area contributed by atoms with Crippen LogP contribution in [0.25, 0.3) is 0 Å². The van der Waals surface area contributed by atoms with Crippen LogP contribution in [0.5, 0.6) is 0 Å². The first-order valence-corrected chi connectivity index (χ1v) is 7.48. The highest BCUT2D eigenvalue weighted by molar-refractivity contribution is 5.78. The average Bonchev–Trinajstić information content (AvgIpc) is 2.44. The molecule has 1 unspecified atom stereocenters. The van der Waals surface area contributed by atoms with E-state index in [0.29, 0.717) is 32.6 Å². The molecular weight excluding hydrogens is 272 g/mol. The molecule has 3 N–H and O–H groups in total. The van der Waals surface area contributed by atoms with Gasteiger partial charge in [0.2, 0.25) is 11.8 Å². The van der Waals surface area contributed by atoms with E-state index < -0.39 is 0 Å². The van der Waals surface area contributed by atoms with Crippen LogP contribution in [-0.2, 0) is 14.3 Å². The van der Waals surface area contributed by atoms with Gasteiger partial charge in [0.15, 0.2) is 0 Å². The Balaban J connectivity index is 2.31. The molecule has 0 aromatic rings. The van der Waals surface area contributed by atoms with Gasteiger partial charge >= 0.3 is 0 Å². The number of carbonyl (C=O) groups excluding carboxylic acids is 2. The Morgan fingerprint density at radius 1 is 1.24 bits per heavy atom. The molecule has 1 fully saturated rings. The van der Waals surface area contributed by atoms with Crippen molar-refractivity contribution in [3.05, 3.63) is 0 Å². The van der Waals surface area contributed by atoms with Crippen molar-refractivity contribution in [1.29, 1.82) is 0 Å². The second-order valence-electron chi connectivity index (χ2n) is 5.68. The molecule has 0 saturated carbocycles. The summed E-state index contributed by atoms with van der Waals surface area (Å²) in [5.41, 5.74) is 5.53. The third kappa shape index (κ3) is 6.41. The molecule has 0 aromatic carbocycles. The van der Waals surface area contributed by atoms with Gasteiger partial charge < -0.3 is 20.7 Å². The molecule has 1 aliphatic rings. The van der Waals surface area contributed by atoms with E-state index in [9.17, 15) is 9.59 Å². The molecule has 0 spiro atoms. The van der Waals surface area contributed by atoms with E-state index in [-0.39, 0.29) is 24.0 Å². The highest BCUT2D eigenvalue weighted by Crippen LogP contribution is 2.06. The first-order valence-electron chi connectivity index (χ1n) is 7.48. The Bertz CT molecular complexity index is 337. The number of hydrogen-bond acceptors (Lipinski definition) is 5. The number of methoxy groups -OCH3 is 1. The lowest BCUT2D eigenvalue weighted by Crippen LogP contribution is -2.52. The Kier molecular flexibility index (Phi) is 7.63. The highest BCUT2D eigenvalue weighted by Gasteiger charge is 2.24. The first kappa shape index (κ1) is 17.9. The van der Waals surface area contributed by atoms with E-state index >= 15 is 0 Å². The summed E-state index contributed by atoms with van der Waals surface area (Å²) in [5.74, 6) is 0.103. The van der Waals surface area contributed by atoms with Crippen molar-refractivity contribution in [3.63, 3.8) is 0 Å². The van der Waals surface area contributed by atoms with Crippen LogP contribution in [0.1, 0.15) is 20.3 Å². The largest absolute Gasteiger partial charge is 0.380 e. The molecule has 1 heterocycles. The van der Waals surface area contributed by atoms with Crippen molar-refractivity contribution in [3.8, 4) is 0 Å². The minimum atomic E-state index is -0.215. The monoisotopic (exact) mass is 300 g/mol. The standard InChI is InChI=1S/C14H28N4O3/c1-11(2)16-13(19)10-17-4-6-18(7-5-17)14(20)8-12(9-15)21-3/h11-12H,4-10,15H2,1-3H3,(H,16,19). The van der Waals surface area contributed by atoms with Crippen LogP contribution in [-0.4, -0.2) is 80.1 Å². The number of piperazine rings is 1. The van der Waals surface area contributed by atoms with E-state index in [4.69, 9.17) is 10.5 Å². The average molecular weight is 300 g/mol. The Morgan fingerprint density at radius 2 is 1.86 bits per heavy atom. The molecule has 2 amide bonds. The Labute approximate surface area is 126 Å². The maximum Gasteiger partial charge on any atom is 0.234 e. The lowest BCUT2D eigenvalue weighted by Gasteiger charge is -2.35. The van der Waals surface area contributed by atoms with Gasteiger partial charge in [0.25, 0.3) is 0 Å². The minimum Gasteiger partial charge on any atom is -0.380 e. The van der Waals surface area contributed by atoms with Crippen LogP contribution in [0.3, 0.4) is 0 Å². The second-order valence-corrected chi connectivity index (χ2v) is 5.68. The van der Waals surface area contributed by atoms with Crippen molar-refractivity contribution in [2.45, 2.75) is 32.4 Å². The minimum absolute atomic E-state index is 0.0346. The zero-order chi connectivity index (χ0) is 15.8. The molecule has 0 aromatic heterocycles. The predicted molar refractivity (Wildman–Crippen MR) is 80.8 cm³/mol. The number of rotatable bonds is 7. The summed E-state index contributed by atoms with van der Waals surface area (Å²) in [6.45, 7) is 7.36. The maximum absolute atomic E-state index is 12.1. The van der Waals surface area contributed by atoms with Crippen LogP contribution in [0.4, 0.5) is 0 Å². The predicted octanol–water partition coefficient (Wildman–Crippen LogP) is -0.981. The third-order valence-electron chi connectivity index (χ3n) is 3.54. The van der Waals surface area contributed by atoms with Gasteiger partial charge in [0, 0.05) is 45.9 Å². The van der Waals surface area contributed by atoms with Gasteiger partial charge in [-0.3, -0.25) is 14.5 Å². The van der Waals surface area contributed by atoms with Crippen LogP contribution in [0.15, 0.2) is 0 Å². The van der Waals surface area contributed by atoms with Gasteiger partial charge in [-0.1, -0.05) is 0 Å². The lowest BCUT2D eigenvalue weighted by molar-refractivity contribution is -0.135. The summed E-state index contributed by atoms with van der Waals surface area (Å²) < 4.78 is 5.14. The molecule has 1 atom stereocenters. The second kappa shape index (κ2) is 8.96. The Morgan fingerprint density at radius 3 is 2.33 bits per heavy atom. The maximum atomic E-state index is 12.1. The van der Waals surface area contributed by atoms with Crippen molar-refractivity contribution in [1.82, 2.24) is 15.1 Å². The lowest BCUT2D eigenvalue weighted by atomic mass is 10.2. The van der Waals surface area contributed by atoms with Crippen molar-refractivity contribution in [2.24, 2.45) is 5.73 Å². The topological polar surface area (TPSA) is 87.9 Å². The van der Waals surface area contributed by atoms with E-state index in [1.165, 1.54) is 0 Å². The molecule has 1 rings (SSSR count). The van der Waals surface area contributed by atoms with Crippen LogP contribution in [0, 0.1) is 0 Å². The third-order valence-corrected chi connectivity index (χ3v) is 3.54. The van der Waals surface area contributed by atoms with Crippen LogP contribution in [0.2, 0.25) is 0 Å². The highest BCUT2D eigenvalue weighted by atomic mass is 16.5. The van der Waals surface area contributed by atoms with Gasteiger partial charge in [-0.15, -0.1) is 0 Å². The molecule has 0 bridgehead atoms. The molecule has 122 valence electrons. The number of nitrogens with one attached hydrogen (secondary N) is 1. The fourth-order valence-corrected chi connectivity index (χ4v) is 2.31. The number of hydrogen-bond donors (Lipinski definition) is 2. The summed E-state index contributed by atoms with van der Waals surface area (Å²) in [6, 6.07) is 0.155. The summed E-state index contributed by atoms with van der Waals surface area (Å²) in [5, 5.41) is 2.87. The van der Waals surface area contributed by atoms with E-state index in [1.54, 1.807) is 7.11 Å². The van der Waals surface area contributed by atoms with E-state index in [0.717, 1.165) is 13.1 Å². The quantitative estimate of drug-likeness (QED) is 0.631. The number of ether oxygens (including phenoxy) is 1. The van der Waals surface area contributed by atoms with Crippen molar-refractivity contribution < 1.29 is 14.3 Å². The summed E-state index contributed by atoms with van der Waals surface area (Å²) in [6.07, 6.45) is 0.105. The zero-order valence-electron chi connectivity index (χ0n) is 13.3. The van der Waals surface area contributed by atoms with Gasteiger partial charge in [0.1, 0.15) is 0 Å². The van der Waals surface area contributed by atoms with Gasteiger partial charge in [0.05, 0.1) is 19.1 Å². The van der Waals surface area contributed by atoms with E-state index in [1.807, 2.05) is 18.7 Å². The van der Waals surface area contributed by atoms with Gasteiger partial charge in [-0.2, -0.15) is 0 Å². The fraction of sp³-hybridized carbons (Fsp3) is 0.857. The molecule has 1 saturated heterocycles. The van der Waals surface area contributed by atoms with Crippen molar-refractivity contribution >= 4 is 11.8 Å². The van der Waals surface area contributed by atoms with E-state index in [2.05, 4.69) is 10.2 Å². The number of carbonyl (C=O) groups is 2. The summed E-state index contributed by atoms with van der Waals surface area (Å²) in [4.78, 5) is 27.7. The van der Waals surface area contributed by atoms with Crippen molar-refractivity contribution in [2.75, 3.05) is 46.4 Å². The molecule has 7 heteroatoms. The van der Waals surface area contributed by atoms with Crippen LogP contribution >= 0.6 is 0 Å². The molecule has 7 nitrogen and oxygen atoms in total. The summed E-state index contributed by atoms with van der Waals surface area (Å²) in [7, 11) is 1.57. The van der Waals surface area contributed by atoms with Gasteiger partial charge in [-0.05, 0) is 13.8 Å².